The highest BCUT2D eigenvalue weighted by Gasteiger charge is 2.48. The van der Waals surface area contributed by atoms with Gasteiger partial charge in [0, 0.05) is 22.6 Å². The first-order chi connectivity index (χ1) is 15.5. The van der Waals surface area contributed by atoms with E-state index in [-0.39, 0.29) is 23.0 Å². The average Bonchev–Trinajstić information content (AvgIpc) is 2.80. The molecule has 4 aromatic rings. The van der Waals surface area contributed by atoms with E-state index in [0.29, 0.717) is 28.7 Å². The maximum absolute atomic E-state index is 11.1. The lowest BCUT2D eigenvalue weighted by atomic mass is 9.58. The zero-order valence-electron chi connectivity index (χ0n) is 17.8. The van der Waals surface area contributed by atoms with Crippen molar-refractivity contribution >= 4 is 0 Å². The van der Waals surface area contributed by atoms with Crippen molar-refractivity contribution in [2.75, 3.05) is 0 Å². The molecule has 0 saturated heterocycles. The van der Waals surface area contributed by atoms with E-state index in [0.717, 1.165) is 0 Å². The van der Waals surface area contributed by atoms with Gasteiger partial charge in [-0.2, -0.15) is 0 Å². The fourth-order valence-electron chi connectivity index (χ4n) is 4.96. The molecule has 1 atom stereocenters. The molecule has 0 bridgehead atoms. The average molecular weight is 427 g/mol. The standard InChI is InChI=1S/C28H26O4/c1-2-20(19-11-3-7-15-24(19)29)28(21-12-4-8-16-25(21)30,22-13-5-9-17-26(22)31)23-14-6-10-18-27(23)32/h3-18,20,29-32H,2H2,1H3. The molecule has 0 aliphatic rings. The van der Waals surface area contributed by atoms with Crippen LogP contribution >= 0.6 is 0 Å². The van der Waals surface area contributed by atoms with E-state index in [1.165, 1.54) is 0 Å². The second-order valence-electron chi connectivity index (χ2n) is 7.88. The molecule has 0 fully saturated rings. The third kappa shape index (κ3) is 3.34. The molecule has 4 heteroatoms. The third-order valence-corrected chi connectivity index (χ3v) is 6.23. The molecule has 1 unspecified atom stereocenters. The Kier molecular flexibility index (Phi) is 5.78. The van der Waals surface area contributed by atoms with Crippen LogP contribution < -0.4 is 0 Å². The first-order valence-corrected chi connectivity index (χ1v) is 10.6. The molecule has 0 saturated carbocycles. The molecule has 0 aromatic heterocycles. The molecule has 0 aliphatic carbocycles. The molecule has 4 N–H and O–H groups in total. The minimum Gasteiger partial charge on any atom is -0.508 e. The molecule has 0 aliphatic heterocycles. The van der Waals surface area contributed by atoms with Crippen LogP contribution in [0, 0.1) is 0 Å². The Balaban J connectivity index is 2.24. The predicted octanol–water partition coefficient (Wildman–Crippen LogP) is 6.04. The molecule has 4 aromatic carbocycles. The molecule has 4 nitrogen and oxygen atoms in total. The van der Waals surface area contributed by atoms with Crippen molar-refractivity contribution in [2.45, 2.75) is 24.7 Å². The Hall–Kier alpha value is -3.92. The Morgan fingerprint density at radius 2 is 0.875 bits per heavy atom. The lowest BCUT2D eigenvalue weighted by molar-refractivity contribution is 0.373. The van der Waals surface area contributed by atoms with Crippen molar-refractivity contribution < 1.29 is 20.4 Å². The third-order valence-electron chi connectivity index (χ3n) is 6.23. The number of benzene rings is 4. The smallest absolute Gasteiger partial charge is 0.120 e. The van der Waals surface area contributed by atoms with Crippen LogP contribution in [0.4, 0.5) is 0 Å². The predicted molar refractivity (Wildman–Crippen MR) is 125 cm³/mol. The number of phenolic OH excluding ortho intramolecular Hbond substituents is 4. The first-order valence-electron chi connectivity index (χ1n) is 10.6. The molecule has 0 spiro atoms. The minimum absolute atomic E-state index is 0.0351. The van der Waals surface area contributed by atoms with E-state index in [9.17, 15) is 20.4 Å². The van der Waals surface area contributed by atoms with Gasteiger partial charge in [0.1, 0.15) is 23.0 Å². The highest BCUT2D eigenvalue weighted by atomic mass is 16.3. The molecular formula is C28H26O4. The summed E-state index contributed by atoms with van der Waals surface area (Å²) in [6.45, 7) is 1.99. The van der Waals surface area contributed by atoms with Crippen LogP contribution in [0.5, 0.6) is 23.0 Å². The van der Waals surface area contributed by atoms with Crippen molar-refractivity contribution in [1.29, 1.82) is 0 Å². The Bertz CT molecular complexity index is 1120. The van der Waals surface area contributed by atoms with Crippen LogP contribution in [-0.2, 0) is 5.41 Å². The Morgan fingerprint density at radius 3 is 1.22 bits per heavy atom. The Labute approximate surface area is 187 Å². The van der Waals surface area contributed by atoms with E-state index in [2.05, 4.69) is 0 Å². The van der Waals surface area contributed by atoms with E-state index in [4.69, 9.17) is 0 Å². The zero-order chi connectivity index (χ0) is 22.7. The summed E-state index contributed by atoms with van der Waals surface area (Å²) in [4.78, 5) is 0. The second-order valence-corrected chi connectivity index (χ2v) is 7.88. The van der Waals surface area contributed by atoms with Gasteiger partial charge in [-0.15, -0.1) is 0 Å². The van der Waals surface area contributed by atoms with E-state index < -0.39 is 11.3 Å². The van der Waals surface area contributed by atoms with Crippen LogP contribution in [0.2, 0.25) is 0 Å². The summed E-state index contributed by atoms with van der Waals surface area (Å²) in [7, 11) is 0. The lowest BCUT2D eigenvalue weighted by Gasteiger charge is -2.43. The molecule has 0 amide bonds. The van der Waals surface area contributed by atoms with Crippen LogP contribution in [0.1, 0.15) is 41.5 Å². The largest absolute Gasteiger partial charge is 0.508 e. The lowest BCUT2D eigenvalue weighted by Crippen LogP contribution is -2.37. The number of rotatable bonds is 6. The first kappa shape index (κ1) is 21.3. The van der Waals surface area contributed by atoms with Gasteiger partial charge in [0.15, 0.2) is 0 Å². The number of para-hydroxylation sites is 4. The molecule has 32 heavy (non-hydrogen) atoms. The minimum atomic E-state index is -1.20. The summed E-state index contributed by atoms with van der Waals surface area (Å²) in [6.07, 6.45) is 0.550. The number of aromatic hydroxyl groups is 4. The van der Waals surface area contributed by atoms with Gasteiger partial charge in [-0.1, -0.05) is 79.7 Å². The van der Waals surface area contributed by atoms with Crippen molar-refractivity contribution in [2.24, 2.45) is 0 Å². The summed E-state index contributed by atoms with van der Waals surface area (Å²) in [5.41, 5.74) is 1.04. The second kappa shape index (κ2) is 8.67. The highest BCUT2D eigenvalue weighted by Crippen LogP contribution is 2.57. The number of hydrogen-bond donors (Lipinski definition) is 4. The maximum atomic E-state index is 11.1. The molecule has 0 heterocycles. The van der Waals surface area contributed by atoms with Crippen molar-refractivity contribution in [3.8, 4) is 23.0 Å². The van der Waals surface area contributed by atoms with Crippen LogP contribution in [0.3, 0.4) is 0 Å². The molecule has 162 valence electrons. The van der Waals surface area contributed by atoms with Crippen molar-refractivity contribution in [3.05, 3.63) is 119 Å². The summed E-state index contributed by atoms with van der Waals surface area (Å²) < 4.78 is 0. The summed E-state index contributed by atoms with van der Waals surface area (Å²) in [5.74, 6) is -0.211. The van der Waals surface area contributed by atoms with Gasteiger partial charge in [0.05, 0.1) is 5.41 Å². The van der Waals surface area contributed by atoms with Crippen LogP contribution in [0.15, 0.2) is 97.1 Å². The maximum Gasteiger partial charge on any atom is 0.120 e. The highest BCUT2D eigenvalue weighted by molar-refractivity contribution is 5.64. The number of hydrogen-bond acceptors (Lipinski definition) is 4. The van der Waals surface area contributed by atoms with Crippen molar-refractivity contribution in [3.63, 3.8) is 0 Å². The van der Waals surface area contributed by atoms with Gasteiger partial charge in [0.2, 0.25) is 0 Å². The monoisotopic (exact) mass is 426 g/mol. The van der Waals surface area contributed by atoms with Crippen LogP contribution in [-0.4, -0.2) is 20.4 Å². The normalized spacial score (nSPS) is 12.4. The number of phenols is 4. The molecular weight excluding hydrogens is 400 g/mol. The van der Waals surface area contributed by atoms with E-state index >= 15 is 0 Å². The van der Waals surface area contributed by atoms with Gasteiger partial charge < -0.3 is 20.4 Å². The SMILES string of the molecule is CCC(c1ccccc1O)C(c1ccccc1O)(c1ccccc1O)c1ccccc1O. The topological polar surface area (TPSA) is 80.9 Å². The summed E-state index contributed by atoms with van der Waals surface area (Å²) in [6, 6.07) is 28.0. The van der Waals surface area contributed by atoms with Gasteiger partial charge in [0.25, 0.3) is 0 Å². The molecule has 0 radical (unpaired) electrons. The van der Waals surface area contributed by atoms with E-state index in [1.807, 2.05) is 37.3 Å². The van der Waals surface area contributed by atoms with Crippen LogP contribution in [0.25, 0.3) is 0 Å². The quantitative estimate of drug-likeness (QED) is 0.284. The zero-order valence-corrected chi connectivity index (χ0v) is 17.8. The van der Waals surface area contributed by atoms with Crippen molar-refractivity contribution in [1.82, 2.24) is 0 Å². The summed E-state index contributed by atoms with van der Waals surface area (Å²) >= 11 is 0. The van der Waals surface area contributed by atoms with Gasteiger partial charge >= 0.3 is 0 Å². The Morgan fingerprint density at radius 1 is 0.531 bits per heavy atom. The van der Waals surface area contributed by atoms with E-state index in [1.54, 1.807) is 66.7 Å². The molecule has 4 rings (SSSR count). The summed E-state index contributed by atoms with van der Waals surface area (Å²) in [5, 5.41) is 44.1. The fourth-order valence-corrected chi connectivity index (χ4v) is 4.96. The fraction of sp³-hybridized carbons (Fsp3) is 0.143. The van der Waals surface area contributed by atoms with Gasteiger partial charge in [-0.25, -0.2) is 0 Å². The van der Waals surface area contributed by atoms with Gasteiger partial charge in [-0.05, 0) is 36.2 Å². The van der Waals surface area contributed by atoms with Gasteiger partial charge in [-0.3, -0.25) is 0 Å².